The number of methoxy groups -OCH3 is 1. The molecule has 1 atom stereocenters. The summed E-state index contributed by atoms with van der Waals surface area (Å²) in [6.45, 7) is 5.84. The maximum absolute atomic E-state index is 13.8. The zero-order valence-corrected chi connectivity index (χ0v) is 19.8. The van der Waals surface area contributed by atoms with Gasteiger partial charge in [0, 0.05) is 17.8 Å². The molecule has 1 aromatic carbocycles. The molecule has 2 amide bonds. The number of rotatable bonds is 4. The number of carbonyl (C=O) groups is 3. The largest absolute Gasteiger partial charge is 0.464 e. The lowest BCUT2D eigenvalue weighted by Crippen LogP contribution is -2.65. The molecule has 33 heavy (non-hydrogen) atoms. The van der Waals surface area contributed by atoms with Crippen LogP contribution in [-0.2, 0) is 16.1 Å². The molecule has 1 N–H and O–H groups in total. The maximum atomic E-state index is 13.8. The van der Waals surface area contributed by atoms with Gasteiger partial charge in [-0.15, -0.1) is 0 Å². The van der Waals surface area contributed by atoms with Gasteiger partial charge in [-0.05, 0) is 56.9 Å². The number of hydrogen-bond acceptors (Lipinski definition) is 5. The second-order valence-corrected chi connectivity index (χ2v) is 9.49. The summed E-state index contributed by atoms with van der Waals surface area (Å²) >= 11 is 0. The predicted octanol–water partition coefficient (Wildman–Crippen LogP) is 3.54. The summed E-state index contributed by atoms with van der Waals surface area (Å²) in [4.78, 5) is 41.2. The number of anilines is 1. The summed E-state index contributed by atoms with van der Waals surface area (Å²) in [6.07, 6.45) is 6.44. The topological polar surface area (TPSA) is 93.5 Å². The highest BCUT2D eigenvalue weighted by molar-refractivity contribution is 6.12. The predicted molar refractivity (Wildman–Crippen MR) is 124 cm³/mol. The standard InChI is InChI=1S/C25H32N4O4/c1-16-11-17(2)13-19(12-16)29-22(30)21-14-20(23(31)33-4)27-28(21)15-25(29,3)24(32)26-18-9-7-5-6-8-10-18/h11-14,18H,5-10,15H2,1-4H3,(H,26,32)/t25-/m0/s1. The fraction of sp³-hybridized carbons (Fsp3) is 0.520. The Labute approximate surface area is 194 Å². The van der Waals surface area contributed by atoms with Crippen molar-refractivity contribution in [3.63, 3.8) is 0 Å². The van der Waals surface area contributed by atoms with E-state index in [0.717, 1.165) is 36.8 Å². The highest BCUT2D eigenvalue weighted by Gasteiger charge is 2.49. The molecular weight excluding hydrogens is 420 g/mol. The number of hydrogen-bond donors (Lipinski definition) is 1. The molecule has 8 heteroatoms. The number of benzene rings is 1. The van der Waals surface area contributed by atoms with Crippen LogP contribution in [0.25, 0.3) is 0 Å². The second-order valence-electron chi connectivity index (χ2n) is 9.49. The van der Waals surface area contributed by atoms with Crippen LogP contribution in [0.15, 0.2) is 24.3 Å². The van der Waals surface area contributed by atoms with E-state index in [9.17, 15) is 14.4 Å². The number of nitrogens with one attached hydrogen (secondary N) is 1. The highest BCUT2D eigenvalue weighted by atomic mass is 16.5. The number of aryl methyl sites for hydroxylation is 2. The van der Waals surface area contributed by atoms with Crippen LogP contribution in [0, 0.1) is 13.8 Å². The smallest absolute Gasteiger partial charge is 0.358 e. The van der Waals surface area contributed by atoms with E-state index >= 15 is 0 Å². The molecule has 0 radical (unpaired) electrons. The Morgan fingerprint density at radius 2 is 1.70 bits per heavy atom. The third kappa shape index (κ3) is 4.38. The van der Waals surface area contributed by atoms with Crippen LogP contribution in [0.3, 0.4) is 0 Å². The van der Waals surface area contributed by atoms with Crippen molar-refractivity contribution in [3.05, 3.63) is 46.8 Å². The fourth-order valence-corrected chi connectivity index (χ4v) is 5.03. The number of fused-ring (bicyclic) bond motifs is 1. The van der Waals surface area contributed by atoms with E-state index in [1.165, 1.54) is 30.7 Å². The molecule has 176 valence electrons. The molecule has 1 saturated carbocycles. The molecule has 1 aliphatic heterocycles. The number of ether oxygens (including phenoxy) is 1. The van der Waals surface area contributed by atoms with Crippen molar-refractivity contribution in [2.75, 3.05) is 12.0 Å². The first-order chi connectivity index (χ1) is 15.7. The van der Waals surface area contributed by atoms with Gasteiger partial charge in [0.1, 0.15) is 11.2 Å². The second kappa shape index (κ2) is 9.00. The van der Waals surface area contributed by atoms with Crippen LogP contribution in [-0.4, -0.2) is 46.3 Å². The fourth-order valence-electron chi connectivity index (χ4n) is 5.03. The Hall–Kier alpha value is -3.16. The Kier molecular flexibility index (Phi) is 6.28. The van der Waals surface area contributed by atoms with Gasteiger partial charge >= 0.3 is 5.97 Å². The lowest BCUT2D eigenvalue weighted by Gasteiger charge is -2.44. The highest BCUT2D eigenvalue weighted by Crippen LogP contribution is 2.34. The van der Waals surface area contributed by atoms with E-state index < -0.39 is 11.5 Å². The number of aromatic nitrogens is 2. The van der Waals surface area contributed by atoms with Gasteiger partial charge in [-0.3, -0.25) is 19.2 Å². The first-order valence-electron chi connectivity index (χ1n) is 11.6. The summed E-state index contributed by atoms with van der Waals surface area (Å²) in [5.74, 6) is -1.19. The minimum atomic E-state index is -1.21. The average molecular weight is 453 g/mol. The molecule has 8 nitrogen and oxygen atoms in total. The molecule has 0 spiro atoms. The molecule has 2 aliphatic rings. The maximum Gasteiger partial charge on any atom is 0.358 e. The van der Waals surface area contributed by atoms with Gasteiger partial charge in [-0.1, -0.05) is 31.7 Å². The van der Waals surface area contributed by atoms with Crippen LogP contribution < -0.4 is 10.2 Å². The molecule has 2 heterocycles. The molecule has 0 saturated heterocycles. The summed E-state index contributed by atoms with van der Waals surface area (Å²) < 4.78 is 6.24. The Bertz CT molecular complexity index is 1060. The van der Waals surface area contributed by atoms with Crippen molar-refractivity contribution >= 4 is 23.5 Å². The van der Waals surface area contributed by atoms with E-state index in [2.05, 4.69) is 10.4 Å². The van der Waals surface area contributed by atoms with E-state index in [0.29, 0.717) is 5.69 Å². The number of amides is 2. The van der Waals surface area contributed by atoms with Gasteiger partial charge < -0.3 is 10.1 Å². The molecule has 1 aromatic heterocycles. The Morgan fingerprint density at radius 1 is 1.06 bits per heavy atom. The van der Waals surface area contributed by atoms with Crippen molar-refractivity contribution in [1.82, 2.24) is 15.1 Å². The quantitative estimate of drug-likeness (QED) is 0.566. The number of carbonyl (C=O) groups excluding carboxylic acids is 3. The van der Waals surface area contributed by atoms with Crippen LogP contribution >= 0.6 is 0 Å². The minimum absolute atomic E-state index is 0.0506. The summed E-state index contributed by atoms with van der Waals surface area (Å²) in [7, 11) is 1.27. The number of esters is 1. The van der Waals surface area contributed by atoms with Crippen molar-refractivity contribution < 1.29 is 19.1 Å². The van der Waals surface area contributed by atoms with Crippen molar-refractivity contribution in [3.8, 4) is 0 Å². The van der Waals surface area contributed by atoms with Gasteiger partial charge in [-0.2, -0.15) is 5.10 Å². The summed E-state index contributed by atoms with van der Waals surface area (Å²) in [5.41, 5.74) is 1.75. The molecule has 1 fully saturated rings. The Morgan fingerprint density at radius 3 is 2.30 bits per heavy atom. The molecular formula is C25H32N4O4. The Balaban J connectivity index is 1.77. The summed E-state index contributed by atoms with van der Waals surface area (Å²) in [6, 6.07) is 7.38. The van der Waals surface area contributed by atoms with Gasteiger partial charge in [0.15, 0.2) is 5.69 Å². The van der Waals surface area contributed by atoms with E-state index in [-0.39, 0.29) is 35.8 Å². The first-order valence-corrected chi connectivity index (χ1v) is 11.6. The monoisotopic (exact) mass is 452 g/mol. The van der Waals surface area contributed by atoms with Gasteiger partial charge in [0.2, 0.25) is 5.91 Å². The van der Waals surface area contributed by atoms with Gasteiger partial charge in [0.05, 0.1) is 13.7 Å². The minimum Gasteiger partial charge on any atom is -0.464 e. The lowest BCUT2D eigenvalue weighted by atomic mass is 9.92. The van der Waals surface area contributed by atoms with Crippen LogP contribution in [0.4, 0.5) is 5.69 Å². The van der Waals surface area contributed by atoms with E-state index in [1.54, 1.807) is 11.8 Å². The van der Waals surface area contributed by atoms with Crippen LogP contribution in [0.1, 0.15) is 77.6 Å². The molecule has 4 rings (SSSR count). The van der Waals surface area contributed by atoms with E-state index in [1.807, 2.05) is 32.0 Å². The normalized spacial score (nSPS) is 21.3. The lowest BCUT2D eigenvalue weighted by molar-refractivity contribution is -0.127. The van der Waals surface area contributed by atoms with Crippen LogP contribution in [0.5, 0.6) is 0 Å². The zero-order valence-electron chi connectivity index (χ0n) is 19.8. The molecule has 1 aliphatic carbocycles. The SMILES string of the molecule is COC(=O)c1cc2n(n1)C[C@@](C)(C(=O)NC1CCCCCC1)N(c1cc(C)cc(C)c1)C2=O. The van der Waals surface area contributed by atoms with Crippen molar-refractivity contribution in [2.24, 2.45) is 0 Å². The third-order valence-electron chi connectivity index (χ3n) is 6.69. The van der Waals surface area contributed by atoms with E-state index in [4.69, 9.17) is 4.74 Å². The zero-order chi connectivity index (χ0) is 23.8. The van der Waals surface area contributed by atoms with Crippen molar-refractivity contribution in [1.29, 1.82) is 0 Å². The third-order valence-corrected chi connectivity index (χ3v) is 6.69. The van der Waals surface area contributed by atoms with Gasteiger partial charge in [0.25, 0.3) is 5.91 Å². The first kappa shape index (κ1) is 23.0. The molecule has 0 bridgehead atoms. The number of nitrogens with zero attached hydrogens (tertiary/aromatic N) is 3. The molecule has 2 aromatic rings. The van der Waals surface area contributed by atoms with Crippen molar-refractivity contribution in [2.45, 2.75) is 77.4 Å². The van der Waals surface area contributed by atoms with Gasteiger partial charge in [-0.25, -0.2) is 4.79 Å². The summed E-state index contributed by atoms with van der Waals surface area (Å²) in [5, 5.41) is 7.51. The average Bonchev–Trinajstić information content (AvgIpc) is 3.01. The molecule has 0 unspecified atom stereocenters. The van der Waals surface area contributed by atoms with Crippen LogP contribution in [0.2, 0.25) is 0 Å².